The first-order chi connectivity index (χ1) is 11.7. The van der Waals surface area contributed by atoms with Gasteiger partial charge in [-0.25, -0.2) is 23.7 Å². The first-order valence-electron chi connectivity index (χ1n) is 8.16. The minimum Gasteiger partial charge on any atom is -0.491 e. The van der Waals surface area contributed by atoms with Gasteiger partial charge < -0.3 is 10.5 Å². The van der Waals surface area contributed by atoms with Crippen LogP contribution in [0.5, 0.6) is 5.75 Å². The molecule has 0 spiro atoms. The SMILES string of the molecule is Cc1nccc(-c2ccc(OCC(C)CC(C)(C)N)c(C(F)F)n2)n1. The van der Waals surface area contributed by atoms with Crippen LogP contribution in [0.25, 0.3) is 11.4 Å². The lowest BCUT2D eigenvalue weighted by atomic mass is 9.93. The molecule has 0 aromatic carbocycles. The highest BCUT2D eigenvalue weighted by molar-refractivity contribution is 5.55. The average Bonchev–Trinajstić information content (AvgIpc) is 2.51. The standard InChI is InChI=1S/C18H24F2N4O/c1-11(9-18(3,4)21)10-25-15-6-5-13(24-16(15)17(19)20)14-7-8-22-12(2)23-14/h5-8,11,17H,9-10,21H2,1-4H3. The second-order valence-electron chi connectivity index (χ2n) is 6.98. The van der Waals surface area contributed by atoms with Gasteiger partial charge in [0.05, 0.1) is 18.0 Å². The number of aromatic nitrogens is 3. The number of halogens is 2. The van der Waals surface area contributed by atoms with Gasteiger partial charge in [-0.2, -0.15) is 0 Å². The quantitative estimate of drug-likeness (QED) is 0.819. The van der Waals surface area contributed by atoms with Crippen LogP contribution in [0.2, 0.25) is 0 Å². The van der Waals surface area contributed by atoms with Crippen molar-refractivity contribution in [2.75, 3.05) is 6.61 Å². The third kappa shape index (κ3) is 5.70. The van der Waals surface area contributed by atoms with E-state index in [1.807, 2.05) is 20.8 Å². The summed E-state index contributed by atoms with van der Waals surface area (Å²) in [6.45, 7) is 7.85. The molecule has 5 nitrogen and oxygen atoms in total. The van der Waals surface area contributed by atoms with Crippen LogP contribution in [-0.4, -0.2) is 27.1 Å². The third-order valence-electron chi connectivity index (χ3n) is 3.53. The zero-order chi connectivity index (χ0) is 18.6. The summed E-state index contributed by atoms with van der Waals surface area (Å²) in [6, 6.07) is 4.78. The van der Waals surface area contributed by atoms with Crippen LogP contribution >= 0.6 is 0 Å². The Morgan fingerprint density at radius 2 is 1.84 bits per heavy atom. The molecule has 0 saturated heterocycles. The highest BCUT2D eigenvalue weighted by atomic mass is 19.3. The predicted octanol–water partition coefficient (Wildman–Crippen LogP) is 3.93. The van der Waals surface area contributed by atoms with E-state index < -0.39 is 6.43 Å². The van der Waals surface area contributed by atoms with Crippen LogP contribution in [0.1, 0.15) is 45.1 Å². The van der Waals surface area contributed by atoms with Crippen molar-refractivity contribution in [2.45, 2.75) is 46.1 Å². The molecule has 0 fully saturated rings. The molecule has 7 heteroatoms. The Morgan fingerprint density at radius 1 is 1.16 bits per heavy atom. The highest BCUT2D eigenvalue weighted by Gasteiger charge is 2.20. The van der Waals surface area contributed by atoms with Crippen LogP contribution < -0.4 is 10.5 Å². The van der Waals surface area contributed by atoms with E-state index in [-0.39, 0.29) is 22.9 Å². The van der Waals surface area contributed by atoms with Crippen molar-refractivity contribution in [3.05, 3.63) is 35.9 Å². The predicted molar refractivity (Wildman–Crippen MR) is 92.5 cm³/mol. The lowest BCUT2D eigenvalue weighted by molar-refractivity contribution is 0.136. The van der Waals surface area contributed by atoms with Crippen molar-refractivity contribution >= 4 is 0 Å². The minimum atomic E-state index is -2.74. The zero-order valence-corrected chi connectivity index (χ0v) is 15.0. The molecule has 1 atom stereocenters. The summed E-state index contributed by atoms with van der Waals surface area (Å²) < 4.78 is 32.4. The molecule has 0 radical (unpaired) electrons. The molecule has 2 N–H and O–H groups in total. The van der Waals surface area contributed by atoms with Crippen molar-refractivity contribution in [2.24, 2.45) is 11.7 Å². The smallest absolute Gasteiger partial charge is 0.284 e. The topological polar surface area (TPSA) is 73.9 Å². The monoisotopic (exact) mass is 350 g/mol. The van der Waals surface area contributed by atoms with Crippen molar-refractivity contribution in [3.8, 4) is 17.1 Å². The first-order valence-corrected chi connectivity index (χ1v) is 8.16. The second kappa shape index (κ2) is 7.82. The Labute approximate surface area is 146 Å². The van der Waals surface area contributed by atoms with Gasteiger partial charge in [0.15, 0.2) is 0 Å². The van der Waals surface area contributed by atoms with Gasteiger partial charge in [-0.05, 0) is 51.3 Å². The summed E-state index contributed by atoms with van der Waals surface area (Å²) in [6.07, 6.45) is -0.440. The Hall–Kier alpha value is -2.15. The number of hydrogen-bond donors (Lipinski definition) is 1. The number of nitrogens with zero attached hydrogens (tertiary/aromatic N) is 3. The fraction of sp³-hybridized carbons (Fsp3) is 0.500. The average molecular weight is 350 g/mol. The number of nitrogens with two attached hydrogens (primary N) is 1. The molecule has 0 saturated carbocycles. The van der Waals surface area contributed by atoms with Crippen molar-refractivity contribution in [1.82, 2.24) is 15.0 Å². The van der Waals surface area contributed by atoms with Crippen molar-refractivity contribution < 1.29 is 13.5 Å². The number of pyridine rings is 1. The van der Waals surface area contributed by atoms with Gasteiger partial charge in [-0.3, -0.25) is 0 Å². The molecular formula is C18H24F2N4O. The maximum absolute atomic E-state index is 13.4. The molecule has 25 heavy (non-hydrogen) atoms. The van der Waals surface area contributed by atoms with Gasteiger partial charge in [0, 0.05) is 11.7 Å². The maximum atomic E-state index is 13.4. The van der Waals surface area contributed by atoms with Crippen LogP contribution in [-0.2, 0) is 0 Å². The fourth-order valence-corrected chi connectivity index (χ4v) is 2.67. The minimum absolute atomic E-state index is 0.0891. The van der Waals surface area contributed by atoms with Crippen molar-refractivity contribution in [3.63, 3.8) is 0 Å². The molecular weight excluding hydrogens is 326 g/mol. The summed E-state index contributed by atoms with van der Waals surface area (Å²) in [7, 11) is 0. The van der Waals surface area contributed by atoms with Crippen LogP contribution in [0, 0.1) is 12.8 Å². The van der Waals surface area contributed by atoms with Gasteiger partial charge in [0.2, 0.25) is 0 Å². The molecule has 2 rings (SSSR count). The molecule has 0 aliphatic heterocycles. The molecule has 0 aliphatic rings. The molecule has 0 aliphatic carbocycles. The molecule has 2 heterocycles. The number of alkyl halides is 2. The van der Waals surface area contributed by atoms with Crippen molar-refractivity contribution in [1.29, 1.82) is 0 Å². The van der Waals surface area contributed by atoms with Crippen LogP contribution in [0.3, 0.4) is 0 Å². The van der Waals surface area contributed by atoms with E-state index in [1.165, 1.54) is 6.07 Å². The summed E-state index contributed by atoms with van der Waals surface area (Å²) >= 11 is 0. The number of aryl methyl sites for hydroxylation is 1. The number of ether oxygens (including phenoxy) is 1. The second-order valence-corrected chi connectivity index (χ2v) is 6.98. The van der Waals surface area contributed by atoms with Gasteiger partial charge in [0.25, 0.3) is 6.43 Å². The zero-order valence-electron chi connectivity index (χ0n) is 15.0. The molecule has 136 valence electrons. The fourth-order valence-electron chi connectivity index (χ4n) is 2.67. The van der Waals surface area contributed by atoms with Gasteiger partial charge in [-0.15, -0.1) is 0 Å². The van der Waals surface area contributed by atoms with E-state index in [1.54, 1.807) is 25.3 Å². The molecule has 2 aromatic heterocycles. The Bertz CT molecular complexity index is 716. The molecule has 0 bridgehead atoms. The van der Waals surface area contributed by atoms with E-state index in [2.05, 4.69) is 15.0 Å². The highest BCUT2D eigenvalue weighted by Crippen LogP contribution is 2.30. The summed E-state index contributed by atoms with van der Waals surface area (Å²) in [5.74, 6) is 0.775. The Balaban J connectivity index is 2.19. The van der Waals surface area contributed by atoms with E-state index in [4.69, 9.17) is 10.5 Å². The lowest BCUT2D eigenvalue weighted by Gasteiger charge is -2.23. The third-order valence-corrected chi connectivity index (χ3v) is 3.53. The summed E-state index contributed by atoms with van der Waals surface area (Å²) in [4.78, 5) is 12.3. The lowest BCUT2D eigenvalue weighted by Crippen LogP contribution is -2.35. The molecule has 0 amide bonds. The van der Waals surface area contributed by atoms with Gasteiger partial charge in [0.1, 0.15) is 17.3 Å². The van der Waals surface area contributed by atoms with E-state index in [9.17, 15) is 8.78 Å². The van der Waals surface area contributed by atoms with Crippen LogP contribution in [0.4, 0.5) is 8.78 Å². The van der Waals surface area contributed by atoms with E-state index >= 15 is 0 Å². The Kier molecular flexibility index (Phi) is 6.00. The summed E-state index contributed by atoms with van der Waals surface area (Å²) in [5, 5.41) is 0. The van der Waals surface area contributed by atoms with Crippen LogP contribution in [0.15, 0.2) is 24.4 Å². The van der Waals surface area contributed by atoms with Gasteiger partial charge in [-0.1, -0.05) is 6.92 Å². The van der Waals surface area contributed by atoms with E-state index in [0.29, 0.717) is 23.8 Å². The number of hydrogen-bond acceptors (Lipinski definition) is 5. The molecule has 2 aromatic rings. The van der Waals surface area contributed by atoms with E-state index in [0.717, 1.165) is 6.42 Å². The normalized spacial score (nSPS) is 13.1. The molecule has 1 unspecified atom stereocenters. The van der Waals surface area contributed by atoms with Gasteiger partial charge >= 0.3 is 0 Å². The summed E-state index contributed by atoms with van der Waals surface area (Å²) in [5.41, 5.74) is 6.13. The maximum Gasteiger partial charge on any atom is 0.284 e. The largest absolute Gasteiger partial charge is 0.491 e. The first kappa shape index (κ1) is 19.2. The Morgan fingerprint density at radius 3 is 2.44 bits per heavy atom. The number of rotatable bonds is 7.